The Morgan fingerprint density at radius 1 is 1.31 bits per heavy atom. The van der Waals surface area contributed by atoms with E-state index in [9.17, 15) is 0 Å². The normalized spacial score (nSPS) is 10.3. The first-order valence-electron chi connectivity index (χ1n) is 4.17. The first-order chi connectivity index (χ1) is 6.24. The van der Waals surface area contributed by atoms with E-state index in [4.69, 9.17) is 0 Å². The van der Waals surface area contributed by atoms with Crippen LogP contribution >= 0.6 is 12.2 Å². The molecule has 1 aromatic rings. The van der Waals surface area contributed by atoms with Crippen molar-refractivity contribution >= 4 is 23.8 Å². The molecule has 0 heterocycles. The Morgan fingerprint density at radius 3 is 2.77 bits per heavy atom. The lowest BCUT2D eigenvalue weighted by atomic mass is 10.1. The van der Waals surface area contributed by atoms with Crippen LogP contribution in [0.1, 0.15) is 16.7 Å². The lowest BCUT2D eigenvalue weighted by molar-refractivity contribution is 1.34. The molecule has 1 aromatic carbocycles. The van der Waals surface area contributed by atoms with E-state index < -0.39 is 0 Å². The quantitative estimate of drug-likeness (QED) is 0.737. The highest BCUT2D eigenvalue weighted by atomic mass is 32.1. The Hall–Kier alpha value is -1.15. The highest BCUT2D eigenvalue weighted by molar-refractivity contribution is 7.78. The molecule has 1 rings (SSSR count). The minimum absolute atomic E-state index is 1.23. The lowest BCUT2D eigenvalue weighted by Gasteiger charge is -2.01. The largest absolute Gasteiger partial charge is 0.359 e. The zero-order valence-electron chi connectivity index (χ0n) is 7.87. The molecule has 0 saturated heterocycles. The van der Waals surface area contributed by atoms with Gasteiger partial charge < -0.3 is 5.32 Å². The lowest BCUT2D eigenvalue weighted by Crippen LogP contribution is -1.96. The molecule has 0 aliphatic rings. The van der Waals surface area contributed by atoms with E-state index in [1.165, 1.54) is 22.2 Å². The first-order valence-corrected chi connectivity index (χ1v) is 4.64. The van der Waals surface area contributed by atoms with Crippen molar-refractivity contribution in [1.29, 1.82) is 0 Å². The fraction of sp³-hybridized carbons (Fsp3) is 0.182. The number of thiocarbonyl (C=S) groups is 1. The third kappa shape index (κ3) is 2.99. The van der Waals surface area contributed by atoms with Crippen LogP contribution < -0.4 is 5.32 Å². The predicted molar refractivity (Wildman–Crippen MR) is 61.7 cm³/mol. The van der Waals surface area contributed by atoms with Gasteiger partial charge in [-0.25, -0.2) is 0 Å². The summed E-state index contributed by atoms with van der Waals surface area (Å²) in [4.78, 5) is 0. The molecule has 0 saturated carbocycles. The molecule has 0 aliphatic carbocycles. The van der Waals surface area contributed by atoms with Gasteiger partial charge >= 0.3 is 0 Å². The van der Waals surface area contributed by atoms with Gasteiger partial charge in [0.2, 0.25) is 0 Å². The summed E-state index contributed by atoms with van der Waals surface area (Å²) in [5, 5.41) is 2.85. The number of nitrogens with one attached hydrogen (secondary N) is 1. The fourth-order valence-electron chi connectivity index (χ4n) is 1.12. The standard InChI is InChI=1S/C11H13NS/c1-9-3-4-10(2)11(7-9)5-6-12-8-13/h3-8H,1-2H3,(H,12,13)/b6-5-. The van der Waals surface area contributed by atoms with Gasteiger partial charge in [0.25, 0.3) is 0 Å². The maximum absolute atomic E-state index is 4.64. The van der Waals surface area contributed by atoms with E-state index in [0.717, 1.165) is 0 Å². The Morgan fingerprint density at radius 2 is 2.08 bits per heavy atom. The minimum atomic E-state index is 1.23. The van der Waals surface area contributed by atoms with Crippen molar-refractivity contribution in [1.82, 2.24) is 5.32 Å². The number of benzene rings is 1. The van der Waals surface area contributed by atoms with Crippen LogP contribution in [0.25, 0.3) is 6.08 Å². The average Bonchev–Trinajstić information content (AvgIpc) is 2.11. The van der Waals surface area contributed by atoms with E-state index in [1.807, 2.05) is 12.3 Å². The molecule has 13 heavy (non-hydrogen) atoms. The molecule has 68 valence electrons. The monoisotopic (exact) mass is 191 g/mol. The van der Waals surface area contributed by atoms with Crippen molar-refractivity contribution in [3.63, 3.8) is 0 Å². The zero-order valence-corrected chi connectivity index (χ0v) is 8.69. The second-order valence-corrected chi connectivity index (χ2v) is 3.21. The van der Waals surface area contributed by atoms with E-state index >= 15 is 0 Å². The number of hydrogen-bond acceptors (Lipinski definition) is 1. The first kappa shape index (κ1) is 9.93. The van der Waals surface area contributed by atoms with Crippen LogP contribution in [0, 0.1) is 13.8 Å². The predicted octanol–water partition coefficient (Wildman–Crippen LogP) is 2.82. The molecule has 0 atom stereocenters. The molecule has 0 bridgehead atoms. The second kappa shape index (κ2) is 4.77. The van der Waals surface area contributed by atoms with E-state index in [-0.39, 0.29) is 0 Å². The number of rotatable bonds is 3. The summed E-state index contributed by atoms with van der Waals surface area (Å²) in [6, 6.07) is 6.38. The summed E-state index contributed by atoms with van der Waals surface area (Å²) < 4.78 is 0. The van der Waals surface area contributed by atoms with Crippen LogP contribution in [0.15, 0.2) is 24.4 Å². The highest BCUT2D eigenvalue weighted by Crippen LogP contribution is 2.11. The summed E-state index contributed by atoms with van der Waals surface area (Å²) in [5.74, 6) is 0. The molecule has 0 spiro atoms. The second-order valence-electron chi connectivity index (χ2n) is 2.98. The van der Waals surface area contributed by atoms with Crippen LogP contribution in [0.2, 0.25) is 0 Å². The van der Waals surface area contributed by atoms with Crippen molar-refractivity contribution < 1.29 is 0 Å². The van der Waals surface area contributed by atoms with Gasteiger partial charge in [0.05, 0.1) is 5.49 Å². The van der Waals surface area contributed by atoms with E-state index in [0.29, 0.717) is 0 Å². The van der Waals surface area contributed by atoms with Crippen molar-refractivity contribution in [2.45, 2.75) is 13.8 Å². The summed E-state index contributed by atoms with van der Waals surface area (Å²) in [6.07, 6.45) is 3.86. The van der Waals surface area contributed by atoms with E-state index in [2.05, 4.69) is 49.6 Å². The van der Waals surface area contributed by atoms with Crippen molar-refractivity contribution in [3.8, 4) is 0 Å². The Balaban J connectivity index is 2.86. The number of hydrogen-bond donors (Lipinski definition) is 1. The molecule has 0 amide bonds. The Labute approximate surface area is 84.5 Å². The molecule has 0 radical (unpaired) electrons. The average molecular weight is 191 g/mol. The highest BCUT2D eigenvalue weighted by Gasteiger charge is 1.92. The smallest absolute Gasteiger partial charge is 0.0654 e. The molecule has 0 unspecified atom stereocenters. The minimum Gasteiger partial charge on any atom is -0.359 e. The summed E-state index contributed by atoms with van der Waals surface area (Å²) in [5.41, 5.74) is 5.26. The van der Waals surface area contributed by atoms with Crippen LogP contribution in [0.5, 0.6) is 0 Å². The molecular weight excluding hydrogens is 178 g/mol. The van der Waals surface area contributed by atoms with Gasteiger partial charge in [0, 0.05) is 6.20 Å². The van der Waals surface area contributed by atoms with Gasteiger partial charge in [-0.1, -0.05) is 36.0 Å². The maximum Gasteiger partial charge on any atom is 0.0654 e. The van der Waals surface area contributed by atoms with Crippen LogP contribution in [-0.2, 0) is 0 Å². The van der Waals surface area contributed by atoms with Gasteiger partial charge in [-0.15, -0.1) is 0 Å². The van der Waals surface area contributed by atoms with Crippen molar-refractivity contribution in [2.24, 2.45) is 0 Å². The summed E-state index contributed by atoms with van der Waals surface area (Å²) in [6.45, 7) is 4.18. The van der Waals surface area contributed by atoms with Gasteiger partial charge in [-0.05, 0) is 31.1 Å². The van der Waals surface area contributed by atoms with Crippen LogP contribution in [-0.4, -0.2) is 5.49 Å². The molecule has 2 heteroatoms. The molecule has 1 N–H and O–H groups in total. The van der Waals surface area contributed by atoms with E-state index in [1.54, 1.807) is 0 Å². The molecule has 0 aliphatic heterocycles. The third-order valence-corrected chi connectivity index (χ3v) is 2.00. The molecule has 1 nitrogen and oxygen atoms in total. The molecule has 0 aromatic heterocycles. The summed E-state index contributed by atoms with van der Waals surface area (Å²) >= 11 is 4.64. The third-order valence-electron chi connectivity index (χ3n) is 1.86. The Kier molecular flexibility index (Phi) is 3.65. The van der Waals surface area contributed by atoms with Crippen molar-refractivity contribution in [2.75, 3.05) is 0 Å². The fourth-order valence-corrected chi connectivity index (χ4v) is 1.20. The maximum atomic E-state index is 4.64. The van der Waals surface area contributed by atoms with Crippen LogP contribution in [0.3, 0.4) is 0 Å². The van der Waals surface area contributed by atoms with Gasteiger partial charge in [-0.3, -0.25) is 0 Å². The van der Waals surface area contributed by atoms with Crippen molar-refractivity contribution in [3.05, 3.63) is 41.1 Å². The SMILES string of the molecule is Cc1ccc(C)c(/C=C\NC=S)c1. The Bertz CT molecular complexity index is 329. The number of aryl methyl sites for hydroxylation is 2. The van der Waals surface area contributed by atoms with Gasteiger partial charge in [0.15, 0.2) is 0 Å². The topological polar surface area (TPSA) is 12.0 Å². The molecule has 0 fully saturated rings. The van der Waals surface area contributed by atoms with Crippen LogP contribution in [0.4, 0.5) is 0 Å². The zero-order chi connectivity index (χ0) is 9.68. The molecular formula is C11H13NS. The summed E-state index contributed by atoms with van der Waals surface area (Å²) in [7, 11) is 0. The van der Waals surface area contributed by atoms with Gasteiger partial charge in [0.1, 0.15) is 0 Å². The van der Waals surface area contributed by atoms with Gasteiger partial charge in [-0.2, -0.15) is 0 Å².